The summed E-state index contributed by atoms with van der Waals surface area (Å²) in [4.78, 5) is 11.8. The molecule has 3 heteroatoms. The summed E-state index contributed by atoms with van der Waals surface area (Å²) in [6.07, 6.45) is 4.47. The number of carbonyl (C=O) groups is 1. The molecule has 0 aliphatic carbocycles. The predicted octanol–water partition coefficient (Wildman–Crippen LogP) is 4.26. The number of rotatable bonds is 5. The molecule has 0 atom stereocenters. The molecule has 0 aliphatic heterocycles. The van der Waals surface area contributed by atoms with E-state index in [0.29, 0.717) is 6.42 Å². The van der Waals surface area contributed by atoms with Crippen LogP contribution in [0.15, 0.2) is 54.6 Å². The normalized spacial score (nSPS) is 10.8. The van der Waals surface area contributed by atoms with Gasteiger partial charge in [-0.25, -0.2) is 0 Å². The Labute approximate surface area is 123 Å². The zero-order chi connectivity index (χ0) is 14.4. The Balaban J connectivity index is 1.90. The lowest BCUT2D eigenvalue weighted by molar-refractivity contribution is -0.114. The first-order chi connectivity index (χ1) is 9.65. The van der Waals surface area contributed by atoms with Gasteiger partial charge in [-0.05, 0) is 35.8 Å². The minimum atomic E-state index is 0.0409. The van der Waals surface area contributed by atoms with Crippen molar-refractivity contribution in [2.75, 3.05) is 0 Å². The van der Waals surface area contributed by atoms with E-state index >= 15 is 0 Å². The number of aromatic hydroxyl groups is 1. The smallest absolute Gasteiger partial charge is 0.156 e. The molecular formula is C17H15ClO2. The molecule has 102 valence electrons. The molecule has 20 heavy (non-hydrogen) atoms. The Hall–Kier alpha value is -2.06. The highest BCUT2D eigenvalue weighted by atomic mass is 35.5. The lowest BCUT2D eigenvalue weighted by Crippen LogP contribution is -1.95. The molecule has 0 fully saturated rings. The van der Waals surface area contributed by atoms with Gasteiger partial charge in [0, 0.05) is 6.42 Å². The molecule has 2 aromatic carbocycles. The van der Waals surface area contributed by atoms with Crippen LogP contribution in [0.5, 0.6) is 5.75 Å². The maximum Gasteiger partial charge on any atom is 0.156 e. The van der Waals surface area contributed by atoms with Crippen LogP contribution in [0.25, 0.3) is 6.08 Å². The van der Waals surface area contributed by atoms with Crippen molar-refractivity contribution in [1.82, 2.24) is 0 Å². The summed E-state index contributed by atoms with van der Waals surface area (Å²) in [6.45, 7) is 0. The number of benzene rings is 2. The van der Waals surface area contributed by atoms with Gasteiger partial charge in [0.15, 0.2) is 5.78 Å². The number of halogens is 1. The molecule has 0 radical (unpaired) electrons. The van der Waals surface area contributed by atoms with Gasteiger partial charge in [-0.3, -0.25) is 4.79 Å². The van der Waals surface area contributed by atoms with Crippen LogP contribution in [0.2, 0.25) is 5.02 Å². The summed E-state index contributed by atoms with van der Waals surface area (Å²) in [6, 6.07) is 14.8. The van der Waals surface area contributed by atoms with Gasteiger partial charge in [0.05, 0.1) is 5.02 Å². The molecule has 1 N–H and O–H groups in total. The maximum atomic E-state index is 11.8. The summed E-state index contributed by atoms with van der Waals surface area (Å²) >= 11 is 5.80. The van der Waals surface area contributed by atoms with Crippen molar-refractivity contribution >= 4 is 23.5 Å². The number of aryl methyl sites for hydroxylation is 1. The minimum absolute atomic E-state index is 0.0409. The average molecular weight is 287 g/mol. The average Bonchev–Trinajstić information content (AvgIpc) is 2.47. The van der Waals surface area contributed by atoms with Crippen LogP contribution in [0, 0.1) is 0 Å². The van der Waals surface area contributed by atoms with Gasteiger partial charge in [0.1, 0.15) is 5.75 Å². The van der Waals surface area contributed by atoms with E-state index < -0.39 is 0 Å². The molecular weight excluding hydrogens is 272 g/mol. The van der Waals surface area contributed by atoms with Gasteiger partial charge >= 0.3 is 0 Å². The molecule has 0 bridgehead atoms. The van der Waals surface area contributed by atoms with Crippen LogP contribution in [-0.2, 0) is 11.2 Å². The van der Waals surface area contributed by atoms with E-state index in [4.69, 9.17) is 11.6 Å². The van der Waals surface area contributed by atoms with Gasteiger partial charge in [-0.1, -0.05) is 54.1 Å². The monoisotopic (exact) mass is 286 g/mol. The van der Waals surface area contributed by atoms with Crippen molar-refractivity contribution in [3.8, 4) is 5.75 Å². The standard InChI is InChI=1S/C17H15ClO2/c18-16-12-14(8-11-17(16)20)7-10-15(19)9-6-13-4-2-1-3-5-13/h1-5,7-8,10-12,20H,6,9H2. The van der Waals surface area contributed by atoms with E-state index in [1.54, 1.807) is 24.3 Å². The molecule has 0 aromatic heterocycles. The number of carbonyl (C=O) groups excluding carboxylic acids is 1. The highest BCUT2D eigenvalue weighted by Crippen LogP contribution is 2.24. The first-order valence-corrected chi connectivity index (χ1v) is 6.76. The zero-order valence-electron chi connectivity index (χ0n) is 10.9. The lowest BCUT2D eigenvalue weighted by Gasteiger charge is -1.99. The largest absolute Gasteiger partial charge is 0.506 e. The summed E-state index contributed by atoms with van der Waals surface area (Å²) < 4.78 is 0. The van der Waals surface area contributed by atoms with Gasteiger partial charge in [-0.15, -0.1) is 0 Å². The summed E-state index contributed by atoms with van der Waals surface area (Å²) in [7, 11) is 0. The Bertz CT molecular complexity index is 618. The van der Waals surface area contributed by atoms with Crippen LogP contribution >= 0.6 is 11.6 Å². The molecule has 2 nitrogen and oxygen atoms in total. The Kier molecular flexibility index (Phi) is 4.97. The van der Waals surface area contributed by atoms with E-state index in [-0.39, 0.29) is 16.6 Å². The Morgan fingerprint density at radius 1 is 1.15 bits per heavy atom. The van der Waals surface area contributed by atoms with Crippen molar-refractivity contribution in [2.24, 2.45) is 0 Å². The van der Waals surface area contributed by atoms with Crippen LogP contribution in [0.1, 0.15) is 17.5 Å². The van der Waals surface area contributed by atoms with E-state index in [2.05, 4.69) is 0 Å². The van der Waals surface area contributed by atoms with E-state index in [1.807, 2.05) is 30.3 Å². The summed E-state index contributed by atoms with van der Waals surface area (Å²) in [5, 5.41) is 9.59. The molecule has 0 heterocycles. The fourth-order valence-electron chi connectivity index (χ4n) is 1.81. The second-order valence-corrected chi connectivity index (χ2v) is 4.90. The number of ketones is 1. The van der Waals surface area contributed by atoms with E-state index in [0.717, 1.165) is 17.5 Å². The van der Waals surface area contributed by atoms with Gasteiger partial charge in [0.2, 0.25) is 0 Å². The van der Waals surface area contributed by atoms with Crippen LogP contribution < -0.4 is 0 Å². The zero-order valence-corrected chi connectivity index (χ0v) is 11.7. The molecule has 0 spiro atoms. The molecule has 2 aromatic rings. The summed E-state index contributed by atoms with van der Waals surface area (Å²) in [5.74, 6) is 0.109. The first-order valence-electron chi connectivity index (χ1n) is 6.38. The second kappa shape index (κ2) is 6.92. The van der Waals surface area contributed by atoms with Crippen LogP contribution in [-0.4, -0.2) is 10.9 Å². The maximum absolute atomic E-state index is 11.8. The van der Waals surface area contributed by atoms with Gasteiger partial charge in [0.25, 0.3) is 0 Å². The van der Waals surface area contributed by atoms with Crippen LogP contribution in [0.3, 0.4) is 0 Å². The van der Waals surface area contributed by atoms with Crippen molar-refractivity contribution < 1.29 is 9.90 Å². The van der Waals surface area contributed by atoms with E-state index in [9.17, 15) is 9.90 Å². The van der Waals surface area contributed by atoms with Crippen LogP contribution in [0.4, 0.5) is 0 Å². The highest BCUT2D eigenvalue weighted by molar-refractivity contribution is 6.32. The van der Waals surface area contributed by atoms with Crippen molar-refractivity contribution in [3.63, 3.8) is 0 Å². The molecule has 0 aliphatic rings. The topological polar surface area (TPSA) is 37.3 Å². The third-order valence-corrected chi connectivity index (χ3v) is 3.24. The molecule has 0 saturated heterocycles. The number of allylic oxidation sites excluding steroid dienone is 1. The fourth-order valence-corrected chi connectivity index (χ4v) is 2.00. The highest BCUT2D eigenvalue weighted by Gasteiger charge is 2.00. The number of phenolic OH excluding ortho intramolecular Hbond substituents is 1. The molecule has 0 saturated carbocycles. The first kappa shape index (κ1) is 14.4. The number of phenols is 1. The molecule has 2 rings (SSSR count). The van der Waals surface area contributed by atoms with Crippen molar-refractivity contribution in [2.45, 2.75) is 12.8 Å². The predicted molar refractivity (Wildman–Crippen MR) is 81.9 cm³/mol. The SMILES string of the molecule is O=C(C=Cc1ccc(O)c(Cl)c1)CCc1ccccc1. The minimum Gasteiger partial charge on any atom is -0.506 e. The quantitative estimate of drug-likeness (QED) is 0.834. The van der Waals surface area contributed by atoms with E-state index in [1.165, 1.54) is 6.07 Å². The van der Waals surface area contributed by atoms with Gasteiger partial charge in [-0.2, -0.15) is 0 Å². The molecule has 0 unspecified atom stereocenters. The fraction of sp³-hybridized carbons (Fsp3) is 0.118. The van der Waals surface area contributed by atoms with Crippen molar-refractivity contribution in [1.29, 1.82) is 0 Å². The summed E-state index contributed by atoms with van der Waals surface area (Å²) in [5.41, 5.74) is 1.95. The Morgan fingerprint density at radius 2 is 1.90 bits per heavy atom. The Morgan fingerprint density at radius 3 is 2.60 bits per heavy atom. The third kappa shape index (κ3) is 4.25. The number of hydrogen-bond acceptors (Lipinski definition) is 2. The second-order valence-electron chi connectivity index (χ2n) is 4.50. The third-order valence-electron chi connectivity index (χ3n) is 2.94. The lowest BCUT2D eigenvalue weighted by atomic mass is 10.1. The number of hydrogen-bond donors (Lipinski definition) is 1. The van der Waals surface area contributed by atoms with Gasteiger partial charge < -0.3 is 5.11 Å². The molecule has 0 amide bonds. The van der Waals surface area contributed by atoms with Crippen molar-refractivity contribution in [3.05, 3.63) is 70.8 Å².